The predicted octanol–water partition coefficient (Wildman–Crippen LogP) is 3.04. The van der Waals surface area contributed by atoms with Crippen LogP contribution in [0.4, 0.5) is 0 Å². The Morgan fingerprint density at radius 3 is 2.86 bits per heavy atom. The van der Waals surface area contributed by atoms with Crippen LogP contribution in [0, 0.1) is 12.8 Å². The first-order valence-corrected chi connectivity index (χ1v) is 11.6. The van der Waals surface area contributed by atoms with Crippen LogP contribution >= 0.6 is 11.3 Å². The number of ether oxygens (including phenoxy) is 1. The van der Waals surface area contributed by atoms with E-state index in [9.17, 15) is 4.79 Å². The van der Waals surface area contributed by atoms with Gasteiger partial charge in [0.15, 0.2) is 5.69 Å². The molecule has 29 heavy (non-hydrogen) atoms. The van der Waals surface area contributed by atoms with Crippen molar-refractivity contribution >= 4 is 17.2 Å². The lowest BCUT2D eigenvalue weighted by molar-refractivity contribution is -0.104. The molecule has 2 aliphatic heterocycles. The molecule has 7 heteroatoms. The number of likely N-dealkylation sites (tertiary alicyclic amines) is 1. The molecular weight excluding hydrogens is 384 g/mol. The number of piperidine rings is 1. The van der Waals surface area contributed by atoms with E-state index in [1.54, 1.807) is 0 Å². The number of fused-ring (bicyclic) bond motifs is 1. The average molecular weight is 415 g/mol. The van der Waals surface area contributed by atoms with Gasteiger partial charge in [-0.2, -0.15) is 5.10 Å². The van der Waals surface area contributed by atoms with Gasteiger partial charge < -0.3 is 10.1 Å². The number of nitrogens with one attached hydrogen (secondary N) is 1. The topological polar surface area (TPSA) is 59.4 Å². The van der Waals surface area contributed by atoms with Crippen LogP contribution in [0.25, 0.3) is 0 Å². The lowest BCUT2D eigenvalue weighted by atomic mass is 9.83. The van der Waals surface area contributed by atoms with Gasteiger partial charge in [0.2, 0.25) is 0 Å². The first-order chi connectivity index (χ1) is 14.0. The van der Waals surface area contributed by atoms with E-state index < -0.39 is 0 Å². The highest BCUT2D eigenvalue weighted by Crippen LogP contribution is 2.38. The molecule has 0 unspecified atom stereocenters. The van der Waals surface area contributed by atoms with Gasteiger partial charge in [-0.25, -0.2) is 0 Å². The molecule has 156 valence electrons. The molecule has 1 saturated carbocycles. The summed E-state index contributed by atoms with van der Waals surface area (Å²) in [5, 5.41) is 9.79. The summed E-state index contributed by atoms with van der Waals surface area (Å²) in [6.07, 6.45) is 5.38. The number of carbonyl (C=O) groups is 1. The zero-order valence-electron chi connectivity index (χ0n) is 17.4. The Labute approximate surface area is 176 Å². The molecule has 5 rings (SSSR count). The summed E-state index contributed by atoms with van der Waals surface area (Å²) >= 11 is 1.86. The third-order valence-electron chi connectivity index (χ3n) is 6.85. The van der Waals surface area contributed by atoms with Gasteiger partial charge in [-0.05, 0) is 55.5 Å². The van der Waals surface area contributed by atoms with Crippen molar-refractivity contribution in [2.24, 2.45) is 13.0 Å². The van der Waals surface area contributed by atoms with Crippen LogP contribution in [0.2, 0.25) is 0 Å². The number of aryl methyl sites for hydroxylation is 2. The minimum absolute atomic E-state index is 0.0468. The number of carbonyl (C=O) groups excluding carboxylic acids is 1. The van der Waals surface area contributed by atoms with Crippen LogP contribution in [0.3, 0.4) is 0 Å². The Morgan fingerprint density at radius 2 is 2.17 bits per heavy atom. The monoisotopic (exact) mass is 414 g/mol. The van der Waals surface area contributed by atoms with Crippen molar-refractivity contribution in [2.75, 3.05) is 19.6 Å². The Kier molecular flexibility index (Phi) is 5.00. The maximum atomic E-state index is 12.6. The van der Waals surface area contributed by atoms with Gasteiger partial charge in [-0.1, -0.05) is 0 Å². The molecule has 1 amide bonds. The SMILES string of the molecule is Cc1ccsc1CN1CCC2(CC1)Cc1c(c(C(=O)NCC3CC3)nn1C)CO2. The van der Waals surface area contributed by atoms with Crippen molar-refractivity contribution in [2.45, 2.75) is 57.8 Å². The van der Waals surface area contributed by atoms with Gasteiger partial charge in [0, 0.05) is 55.8 Å². The summed E-state index contributed by atoms with van der Waals surface area (Å²) < 4.78 is 8.33. The fourth-order valence-electron chi connectivity index (χ4n) is 4.59. The number of nitrogens with zero attached hydrogens (tertiary/aromatic N) is 3. The van der Waals surface area contributed by atoms with Gasteiger partial charge in [0.25, 0.3) is 5.91 Å². The molecule has 3 aliphatic rings. The summed E-state index contributed by atoms with van der Waals surface area (Å²) in [4.78, 5) is 16.6. The van der Waals surface area contributed by atoms with Crippen molar-refractivity contribution < 1.29 is 9.53 Å². The summed E-state index contributed by atoms with van der Waals surface area (Å²) in [5.74, 6) is 0.621. The molecule has 6 nitrogen and oxygen atoms in total. The highest BCUT2D eigenvalue weighted by molar-refractivity contribution is 7.10. The second kappa shape index (κ2) is 7.52. The summed E-state index contributed by atoms with van der Waals surface area (Å²) in [7, 11) is 1.96. The number of hydrogen-bond acceptors (Lipinski definition) is 5. The van der Waals surface area contributed by atoms with Crippen LogP contribution in [0.1, 0.15) is 57.9 Å². The number of hydrogen-bond donors (Lipinski definition) is 1. The molecule has 4 heterocycles. The molecule has 1 spiro atoms. The molecule has 2 aromatic heterocycles. The molecule has 0 bridgehead atoms. The second-order valence-corrected chi connectivity index (χ2v) is 10.0. The smallest absolute Gasteiger partial charge is 0.272 e. The Bertz CT molecular complexity index is 906. The van der Waals surface area contributed by atoms with Crippen molar-refractivity contribution in [3.05, 3.63) is 38.8 Å². The lowest BCUT2D eigenvalue weighted by Gasteiger charge is -2.43. The van der Waals surface area contributed by atoms with Gasteiger partial charge >= 0.3 is 0 Å². The zero-order valence-corrected chi connectivity index (χ0v) is 18.2. The van der Waals surface area contributed by atoms with Crippen LogP contribution in [0.5, 0.6) is 0 Å². The van der Waals surface area contributed by atoms with E-state index in [0.717, 1.165) is 51.0 Å². The second-order valence-electron chi connectivity index (χ2n) is 9.00. The zero-order chi connectivity index (χ0) is 20.0. The fraction of sp³-hybridized carbons (Fsp3) is 0.636. The highest BCUT2D eigenvalue weighted by Gasteiger charge is 2.41. The van der Waals surface area contributed by atoms with Crippen molar-refractivity contribution in [1.82, 2.24) is 20.0 Å². The number of rotatable bonds is 5. The van der Waals surface area contributed by atoms with Crippen molar-refractivity contribution in [3.63, 3.8) is 0 Å². The van der Waals surface area contributed by atoms with E-state index in [1.807, 2.05) is 23.1 Å². The van der Waals surface area contributed by atoms with E-state index in [-0.39, 0.29) is 11.5 Å². The van der Waals surface area contributed by atoms with Gasteiger partial charge in [0.1, 0.15) is 0 Å². The van der Waals surface area contributed by atoms with Crippen molar-refractivity contribution in [3.8, 4) is 0 Å². The van der Waals surface area contributed by atoms with E-state index in [1.165, 1.54) is 29.0 Å². The van der Waals surface area contributed by atoms with Crippen molar-refractivity contribution in [1.29, 1.82) is 0 Å². The summed E-state index contributed by atoms with van der Waals surface area (Å²) in [6, 6.07) is 2.21. The molecule has 1 N–H and O–H groups in total. The molecule has 2 aromatic rings. The number of aromatic nitrogens is 2. The minimum Gasteiger partial charge on any atom is -0.370 e. The van der Waals surface area contributed by atoms with Crippen LogP contribution in [-0.4, -0.2) is 45.8 Å². The Morgan fingerprint density at radius 1 is 1.38 bits per heavy atom. The van der Waals surface area contributed by atoms with Crippen LogP contribution < -0.4 is 5.32 Å². The van der Waals surface area contributed by atoms with E-state index in [4.69, 9.17) is 4.74 Å². The van der Waals surface area contributed by atoms with Gasteiger partial charge in [-0.15, -0.1) is 11.3 Å². The summed E-state index contributed by atoms with van der Waals surface area (Å²) in [5.41, 5.74) is 4.02. The normalized spacial score (nSPS) is 21.3. The maximum absolute atomic E-state index is 12.6. The third kappa shape index (κ3) is 3.88. The molecule has 0 atom stereocenters. The van der Waals surface area contributed by atoms with Crippen LogP contribution in [0.15, 0.2) is 11.4 Å². The van der Waals surface area contributed by atoms with Crippen LogP contribution in [-0.2, 0) is 31.4 Å². The van der Waals surface area contributed by atoms with E-state index in [2.05, 4.69) is 33.7 Å². The quantitative estimate of drug-likeness (QED) is 0.817. The Balaban J connectivity index is 1.24. The highest BCUT2D eigenvalue weighted by atomic mass is 32.1. The minimum atomic E-state index is -0.108. The first-order valence-electron chi connectivity index (χ1n) is 10.8. The number of amides is 1. The average Bonchev–Trinajstić information content (AvgIpc) is 3.39. The predicted molar refractivity (Wildman–Crippen MR) is 113 cm³/mol. The standard InChI is InChI=1S/C22H30N4O2S/c1-15-5-10-29-19(15)13-26-8-6-22(7-9-26)11-18-17(14-28-22)20(24-25(18)2)21(27)23-12-16-3-4-16/h5,10,16H,3-4,6-9,11-14H2,1-2H3,(H,23,27). The fourth-order valence-corrected chi connectivity index (χ4v) is 5.54. The molecule has 1 aliphatic carbocycles. The first kappa shape index (κ1) is 19.3. The lowest BCUT2D eigenvalue weighted by Crippen LogP contribution is -2.49. The van der Waals surface area contributed by atoms with Gasteiger partial charge in [-0.3, -0.25) is 14.4 Å². The van der Waals surface area contributed by atoms with Gasteiger partial charge in [0.05, 0.1) is 12.2 Å². The number of thiophene rings is 1. The molecule has 0 radical (unpaired) electrons. The molecule has 0 aromatic carbocycles. The third-order valence-corrected chi connectivity index (χ3v) is 7.86. The van der Waals surface area contributed by atoms with E-state index in [0.29, 0.717) is 18.2 Å². The Hall–Kier alpha value is -1.70. The largest absolute Gasteiger partial charge is 0.370 e. The molecule has 2 fully saturated rings. The summed E-state index contributed by atoms with van der Waals surface area (Å²) in [6.45, 7) is 6.62. The molecule has 1 saturated heterocycles. The van der Waals surface area contributed by atoms with E-state index >= 15 is 0 Å². The maximum Gasteiger partial charge on any atom is 0.272 e. The molecular formula is C22H30N4O2S.